The molecule has 0 aromatic heterocycles. The van der Waals surface area contributed by atoms with Crippen molar-refractivity contribution in [2.24, 2.45) is 5.73 Å². The zero-order valence-corrected chi connectivity index (χ0v) is 18.7. The molecule has 1 aromatic carbocycles. The third-order valence-electron chi connectivity index (χ3n) is 5.36. The number of carbonyl (C=O) groups is 3. The molecule has 0 aliphatic carbocycles. The monoisotopic (exact) mass is 417 g/mol. The van der Waals surface area contributed by atoms with Crippen molar-refractivity contribution < 1.29 is 19.1 Å². The number of nitrogens with one attached hydrogen (secondary N) is 1. The summed E-state index contributed by atoms with van der Waals surface area (Å²) in [5, 5.41) is 2.87. The normalized spacial score (nSPS) is 18.0. The molecule has 3 amide bonds. The molecule has 1 heterocycles. The van der Waals surface area contributed by atoms with Crippen LogP contribution in [0.25, 0.3) is 0 Å². The van der Waals surface area contributed by atoms with Crippen molar-refractivity contribution in [3.8, 4) is 0 Å². The fourth-order valence-corrected chi connectivity index (χ4v) is 3.96. The van der Waals surface area contributed by atoms with Crippen molar-refractivity contribution in [1.29, 1.82) is 0 Å². The van der Waals surface area contributed by atoms with E-state index in [-0.39, 0.29) is 17.7 Å². The first-order valence-electron chi connectivity index (χ1n) is 10.5. The molecule has 2 unspecified atom stereocenters. The quantitative estimate of drug-likeness (QED) is 0.712. The largest absolute Gasteiger partial charge is 0.444 e. The number of primary amides is 1. The first-order chi connectivity index (χ1) is 13.9. The van der Waals surface area contributed by atoms with Crippen molar-refractivity contribution in [3.05, 3.63) is 35.9 Å². The summed E-state index contributed by atoms with van der Waals surface area (Å²) in [4.78, 5) is 38.7. The number of nitrogens with zero attached hydrogens (tertiary/aromatic N) is 1. The maximum atomic E-state index is 13.0. The number of ether oxygens (including phenoxy) is 1. The molecule has 0 saturated carbocycles. The molecule has 0 bridgehead atoms. The van der Waals surface area contributed by atoms with Gasteiger partial charge in [-0.05, 0) is 51.0 Å². The van der Waals surface area contributed by atoms with Gasteiger partial charge in [0.15, 0.2) is 0 Å². The lowest BCUT2D eigenvalue weighted by Crippen LogP contribution is -2.48. The second kappa shape index (κ2) is 9.49. The predicted octanol–water partition coefficient (Wildman–Crippen LogP) is 3.11. The van der Waals surface area contributed by atoms with Crippen molar-refractivity contribution in [3.63, 3.8) is 0 Å². The first-order valence-corrected chi connectivity index (χ1v) is 10.5. The Morgan fingerprint density at radius 2 is 1.80 bits per heavy atom. The van der Waals surface area contributed by atoms with Gasteiger partial charge in [0.25, 0.3) is 0 Å². The number of amides is 3. The molecular formula is C23H35N3O4. The zero-order chi connectivity index (χ0) is 22.5. The number of rotatable bonds is 7. The fraction of sp³-hybridized carbons (Fsp3) is 0.609. The van der Waals surface area contributed by atoms with Gasteiger partial charge in [-0.15, -0.1) is 0 Å². The molecule has 1 aliphatic heterocycles. The summed E-state index contributed by atoms with van der Waals surface area (Å²) in [6.07, 6.45) is 1.40. The number of nitrogens with two attached hydrogens (primary N) is 1. The van der Waals surface area contributed by atoms with Crippen molar-refractivity contribution in [2.75, 3.05) is 6.54 Å². The lowest BCUT2D eigenvalue weighted by atomic mass is 9.78. The zero-order valence-electron chi connectivity index (χ0n) is 18.7. The highest BCUT2D eigenvalue weighted by molar-refractivity contribution is 5.87. The van der Waals surface area contributed by atoms with Gasteiger partial charge in [0.05, 0.1) is 0 Å². The Balaban J connectivity index is 2.17. The van der Waals surface area contributed by atoms with Crippen LogP contribution in [0.5, 0.6) is 0 Å². The average molecular weight is 418 g/mol. The van der Waals surface area contributed by atoms with E-state index in [0.717, 1.165) is 12.0 Å². The van der Waals surface area contributed by atoms with Crippen LogP contribution in [0.1, 0.15) is 65.9 Å². The van der Waals surface area contributed by atoms with Gasteiger partial charge in [-0.25, -0.2) is 4.79 Å². The smallest absolute Gasteiger partial charge is 0.407 e. The number of benzene rings is 1. The lowest BCUT2D eigenvalue weighted by molar-refractivity contribution is -0.137. The lowest BCUT2D eigenvalue weighted by Gasteiger charge is -2.32. The number of alkyl carbamates (subject to hydrolysis) is 1. The average Bonchev–Trinajstić information content (AvgIpc) is 3.10. The third kappa shape index (κ3) is 6.75. The molecule has 7 nitrogen and oxygen atoms in total. The van der Waals surface area contributed by atoms with Crippen LogP contribution in [0.2, 0.25) is 0 Å². The highest BCUT2D eigenvalue weighted by Gasteiger charge is 2.35. The molecule has 1 fully saturated rings. The minimum Gasteiger partial charge on any atom is -0.444 e. The standard InChI is InChI=1S/C23H35N3O4/c1-22(2,3)30-21(29)25-17(15-23(4,5)16-10-7-6-8-11-16)14-19(27)26-13-9-12-18(26)20(24)28/h6-8,10-11,17-18H,9,12-15H2,1-5H3,(H2,24,28)(H,25,29). The van der Waals surface area contributed by atoms with Crippen molar-refractivity contribution in [2.45, 2.75) is 83.4 Å². The van der Waals surface area contributed by atoms with E-state index in [0.29, 0.717) is 19.4 Å². The van der Waals surface area contributed by atoms with E-state index < -0.39 is 29.7 Å². The van der Waals surface area contributed by atoms with E-state index in [4.69, 9.17) is 10.5 Å². The van der Waals surface area contributed by atoms with Gasteiger partial charge in [-0.1, -0.05) is 44.2 Å². The number of hydrogen-bond acceptors (Lipinski definition) is 4. The summed E-state index contributed by atoms with van der Waals surface area (Å²) >= 11 is 0. The maximum Gasteiger partial charge on any atom is 0.407 e. The molecule has 2 rings (SSSR count). The first kappa shape index (κ1) is 23.7. The van der Waals surface area contributed by atoms with E-state index in [1.54, 1.807) is 25.7 Å². The Morgan fingerprint density at radius 3 is 2.37 bits per heavy atom. The van der Waals surface area contributed by atoms with Gasteiger partial charge in [-0.3, -0.25) is 9.59 Å². The summed E-state index contributed by atoms with van der Waals surface area (Å²) in [6.45, 7) is 10.1. The number of carbonyl (C=O) groups excluding carboxylic acids is 3. The van der Waals surface area contributed by atoms with E-state index in [2.05, 4.69) is 19.2 Å². The molecule has 0 spiro atoms. The summed E-state index contributed by atoms with van der Waals surface area (Å²) in [7, 11) is 0. The highest BCUT2D eigenvalue weighted by Crippen LogP contribution is 2.30. The van der Waals surface area contributed by atoms with Crippen molar-refractivity contribution in [1.82, 2.24) is 10.2 Å². The molecule has 30 heavy (non-hydrogen) atoms. The minimum atomic E-state index is -0.639. The molecule has 2 atom stereocenters. The van der Waals surface area contributed by atoms with E-state index in [1.165, 1.54) is 0 Å². The molecular weight excluding hydrogens is 382 g/mol. The second-order valence-electron chi connectivity index (χ2n) is 9.65. The van der Waals surface area contributed by atoms with Crippen LogP contribution in [-0.2, 0) is 19.7 Å². The van der Waals surface area contributed by atoms with Gasteiger partial charge < -0.3 is 20.7 Å². The number of likely N-dealkylation sites (tertiary alicyclic amines) is 1. The molecule has 0 radical (unpaired) electrons. The molecule has 3 N–H and O–H groups in total. The van der Waals surface area contributed by atoms with Crippen LogP contribution in [0.3, 0.4) is 0 Å². The Bertz CT molecular complexity index is 755. The van der Waals surface area contributed by atoms with E-state index >= 15 is 0 Å². The van der Waals surface area contributed by atoms with Crippen LogP contribution >= 0.6 is 0 Å². The topological polar surface area (TPSA) is 102 Å². The fourth-order valence-electron chi connectivity index (χ4n) is 3.96. The SMILES string of the molecule is CC(C)(C)OC(=O)NC(CC(=O)N1CCCC1C(N)=O)CC(C)(C)c1ccccc1. The summed E-state index contributed by atoms with van der Waals surface area (Å²) < 4.78 is 5.41. The minimum absolute atomic E-state index is 0.0826. The van der Waals surface area contributed by atoms with Gasteiger partial charge in [0.2, 0.25) is 11.8 Å². The molecule has 7 heteroatoms. The highest BCUT2D eigenvalue weighted by atomic mass is 16.6. The second-order valence-corrected chi connectivity index (χ2v) is 9.65. The Hall–Kier alpha value is -2.57. The molecule has 1 aromatic rings. The molecule has 166 valence electrons. The van der Waals surface area contributed by atoms with Crippen LogP contribution in [0.4, 0.5) is 4.79 Å². The van der Waals surface area contributed by atoms with Crippen LogP contribution in [0.15, 0.2) is 30.3 Å². The van der Waals surface area contributed by atoms with Gasteiger partial charge in [0.1, 0.15) is 11.6 Å². The molecule has 1 aliphatic rings. The van der Waals surface area contributed by atoms with Crippen LogP contribution in [-0.4, -0.2) is 47.0 Å². The third-order valence-corrected chi connectivity index (χ3v) is 5.36. The maximum absolute atomic E-state index is 13.0. The van der Waals surface area contributed by atoms with E-state index in [9.17, 15) is 14.4 Å². The van der Waals surface area contributed by atoms with Gasteiger partial charge in [0, 0.05) is 19.0 Å². The Labute approximate surface area is 179 Å². The Morgan fingerprint density at radius 1 is 1.17 bits per heavy atom. The molecule has 1 saturated heterocycles. The summed E-state index contributed by atoms with van der Waals surface area (Å²) in [5.74, 6) is -0.664. The summed E-state index contributed by atoms with van der Waals surface area (Å²) in [6, 6.07) is 8.96. The summed E-state index contributed by atoms with van der Waals surface area (Å²) in [5.41, 5.74) is 5.66. The number of hydrogen-bond donors (Lipinski definition) is 2. The van der Waals surface area contributed by atoms with Crippen LogP contribution < -0.4 is 11.1 Å². The van der Waals surface area contributed by atoms with Gasteiger partial charge >= 0.3 is 6.09 Å². The van der Waals surface area contributed by atoms with Gasteiger partial charge in [-0.2, -0.15) is 0 Å². The predicted molar refractivity (Wildman–Crippen MR) is 116 cm³/mol. The van der Waals surface area contributed by atoms with Crippen LogP contribution in [0, 0.1) is 0 Å². The van der Waals surface area contributed by atoms with E-state index in [1.807, 2.05) is 30.3 Å². The Kier molecular flexibility index (Phi) is 7.50. The van der Waals surface area contributed by atoms with Crippen molar-refractivity contribution >= 4 is 17.9 Å².